The normalized spacial score (nSPS) is 10.4. The van der Waals surface area contributed by atoms with Crippen molar-refractivity contribution in [3.8, 4) is 0 Å². The zero-order chi connectivity index (χ0) is 13.4. The Bertz CT molecular complexity index is 395. The molecule has 0 fully saturated rings. The van der Waals surface area contributed by atoms with Gasteiger partial charge in [-0.15, -0.1) is 0 Å². The van der Waals surface area contributed by atoms with E-state index in [4.69, 9.17) is 0 Å². The van der Waals surface area contributed by atoms with Crippen molar-refractivity contribution in [3.63, 3.8) is 0 Å². The van der Waals surface area contributed by atoms with E-state index >= 15 is 0 Å². The lowest BCUT2D eigenvalue weighted by Gasteiger charge is -2.06. The standard InChI is InChI=1S/C14H19BrFNO/c1-2-3-4-5-6-7-14(18)17-13-9-8-11(15)10-12(13)16/h8-10H,2-7H2,1H3,(H,17,18). The summed E-state index contributed by atoms with van der Waals surface area (Å²) in [6, 6.07) is 4.62. The highest BCUT2D eigenvalue weighted by molar-refractivity contribution is 9.10. The number of unbranched alkanes of at least 4 members (excludes halogenated alkanes) is 4. The second kappa shape index (κ2) is 8.25. The Labute approximate surface area is 116 Å². The summed E-state index contributed by atoms with van der Waals surface area (Å²) < 4.78 is 14.1. The third-order valence-corrected chi connectivity index (χ3v) is 3.21. The Hall–Kier alpha value is -0.900. The van der Waals surface area contributed by atoms with E-state index in [-0.39, 0.29) is 11.6 Å². The van der Waals surface area contributed by atoms with E-state index in [2.05, 4.69) is 28.2 Å². The highest BCUT2D eigenvalue weighted by Gasteiger charge is 2.06. The number of halogens is 2. The monoisotopic (exact) mass is 315 g/mol. The Morgan fingerprint density at radius 3 is 2.67 bits per heavy atom. The number of nitrogens with one attached hydrogen (secondary N) is 1. The predicted octanol–water partition coefficient (Wildman–Crippen LogP) is 4.89. The SMILES string of the molecule is CCCCCCCC(=O)Nc1ccc(Br)cc1F. The third kappa shape index (κ3) is 5.63. The van der Waals surface area contributed by atoms with E-state index in [0.717, 1.165) is 19.3 Å². The maximum Gasteiger partial charge on any atom is 0.224 e. The number of carbonyl (C=O) groups is 1. The maximum absolute atomic E-state index is 13.5. The van der Waals surface area contributed by atoms with Gasteiger partial charge in [0.15, 0.2) is 0 Å². The number of amides is 1. The van der Waals surface area contributed by atoms with Crippen LogP contribution in [0.5, 0.6) is 0 Å². The van der Waals surface area contributed by atoms with E-state index in [1.54, 1.807) is 12.1 Å². The molecule has 0 saturated carbocycles. The number of carbonyl (C=O) groups excluding carboxylic acids is 1. The molecule has 0 atom stereocenters. The third-order valence-electron chi connectivity index (χ3n) is 2.71. The Kier molecular flexibility index (Phi) is 6.94. The van der Waals surface area contributed by atoms with Crippen LogP contribution in [0.1, 0.15) is 45.4 Å². The van der Waals surface area contributed by atoms with Crippen molar-refractivity contribution in [1.29, 1.82) is 0 Å². The highest BCUT2D eigenvalue weighted by Crippen LogP contribution is 2.19. The largest absolute Gasteiger partial charge is 0.324 e. The number of benzene rings is 1. The Morgan fingerprint density at radius 1 is 1.28 bits per heavy atom. The molecule has 4 heteroatoms. The molecule has 1 aromatic rings. The molecule has 0 unspecified atom stereocenters. The molecular formula is C14H19BrFNO. The summed E-state index contributed by atoms with van der Waals surface area (Å²) in [4.78, 5) is 11.6. The minimum Gasteiger partial charge on any atom is -0.324 e. The molecule has 0 aliphatic carbocycles. The fourth-order valence-electron chi connectivity index (χ4n) is 1.69. The van der Waals surface area contributed by atoms with Gasteiger partial charge in [0.2, 0.25) is 5.91 Å². The molecular weight excluding hydrogens is 297 g/mol. The van der Waals surface area contributed by atoms with Gasteiger partial charge in [-0.2, -0.15) is 0 Å². The van der Waals surface area contributed by atoms with Crippen LogP contribution in [0.2, 0.25) is 0 Å². The first-order valence-corrected chi connectivity index (χ1v) is 7.17. The summed E-state index contributed by atoms with van der Waals surface area (Å²) >= 11 is 3.18. The summed E-state index contributed by atoms with van der Waals surface area (Å²) in [6.07, 6.45) is 5.95. The van der Waals surface area contributed by atoms with Gasteiger partial charge >= 0.3 is 0 Å². The van der Waals surface area contributed by atoms with Gasteiger partial charge in [-0.1, -0.05) is 48.5 Å². The lowest BCUT2D eigenvalue weighted by molar-refractivity contribution is -0.116. The Morgan fingerprint density at radius 2 is 2.00 bits per heavy atom. The molecule has 1 N–H and O–H groups in total. The highest BCUT2D eigenvalue weighted by atomic mass is 79.9. The number of hydrogen-bond donors (Lipinski definition) is 1. The molecule has 0 spiro atoms. The summed E-state index contributed by atoms with van der Waals surface area (Å²) in [6.45, 7) is 2.16. The van der Waals surface area contributed by atoms with Crippen LogP contribution in [0.4, 0.5) is 10.1 Å². The van der Waals surface area contributed by atoms with Crippen LogP contribution in [-0.4, -0.2) is 5.91 Å². The average molecular weight is 316 g/mol. The van der Waals surface area contributed by atoms with Gasteiger partial charge in [0.05, 0.1) is 5.69 Å². The molecule has 0 saturated heterocycles. The van der Waals surface area contributed by atoms with Gasteiger partial charge in [0, 0.05) is 10.9 Å². The molecule has 0 heterocycles. The summed E-state index contributed by atoms with van der Waals surface area (Å²) in [7, 11) is 0. The van der Waals surface area contributed by atoms with E-state index < -0.39 is 5.82 Å². The lowest BCUT2D eigenvalue weighted by Crippen LogP contribution is -2.12. The molecule has 2 nitrogen and oxygen atoms in total. The molecule has 0 aromatic heterocycles. The van der Waals surface area contributed by atoms with E-state index in [1.165, 1.54) is 18.9 Å². The van der Waals surface area contributed by atoms with Crippen LogP contribution in [0.25, 0.3) is 0 Å². The van der Waals surface area contributed by atoms with E-state index in [1.807, 2.05) is 0 Å². The predicted molar refractivity (Wildman–Crippen MR) is 76.1 cm³/mol. The van der Waals surface area contributed by atoms with Crippen molar-refractivity contribution in [2.24, 2.45) is 0 Å². The fraction of sp³-hybridized carbons (Fsp3) is 0.500. The van der Waals surface area contributed by atoms with E-state index in [0.29, 0.717) is 10.9 Å². The van der Waals surface area contributed by atoms with Crippen LogP contribution in [0, 0.1) is 5.82 Å². The van der Waals surface area contributed by atoms with Crippen molar-refractivity contribution < 1.29 is 9.18 Å². The van der Waals surface area contributed by atoms with Crippen LogP contribution in [0.3, 0.4) is 0 Å². The first kappa shape index (κ1) is 15.2. The van der Waals surface area contributed by atoms with Gasteiger partial charge in [0.1, 0.15) is 5.82 Å². The zero-order valence-corrected chi connectivity index (χ0v) is 12.2. The first-order chi connectivity index (χ1) is 8.63. The number of hydrogen-bond acceptors (Lipinski definition) is 1. The summed E-state index contributed by atoms with van der Waals surface area (Å²) in [5.74, 6) is -0.531. The van der Waals surface area contributed by atoms with Crippen molar-refractivity contribution in [2.45, 2.75) is 45.4 Å². The van der Waals surface area contributed by atoms with Crippen LogP contribution >= 0.6 is 15.9 Å². The second-order valence-corrected chi connectivity index (χ2v) is 5.25. The maximum atomic E-state index is 13.5. The number of anilines is 1. The molecule has 1 amide bonds. The van der Waals surface area contributed by atoms with Crippen LogP contribution in [-0.2, 0) is 4.79 Å². The van der Waals surface area contributed by atoms with Gasteiger partial charge in [-0.05, 0) is 24.6 Å². The van der Waals surface area contributed by atoms with Crippen molar-refractivity contribution in [1.82, 2.24) is 0 Å². The molecule has 0 bridgehead atoms. The van der Waals surface area contributed by atoms with E-state index in [9.17, 15) is 9.18 Å². The van der Waals surface area contributed by atoms with Gasteiger partial charge in [-0.25, -0.2) is 4.39 Å². The van der Waals surface area contributed by atoms with Gasteiger partial charge in [-0.3, -0.25) is 4.79 Å². The number of rotatable bonds is 7. The lowest BCUT2D eigenvalue weighted by atomic mass is 10.1. The molecule has 0 aliphatic rings. The fourth-order valence-corrected chi connectivity index (χ4v) is 2.03. The molecule has 100 valence electrons. The van der Waals surface area contributed by atoms with Crippen molar-refractivity contribution in [3.05, 3.63) is 28.5 Å². The van der Waals surface area contributed by atoms with Crippen LogP contribution in [0.15, 0.2) is 22.7 Å². The van der Waals surface area contributed by atoms with Crippen molar-refractivity contribution in [2.75, 3.05) is 5.32 Å². The molecule has 1 aromatic carbocycles. The first-order valence-electron chi connectivity index (χ1n) is 6.38. The van der Waals surface area contributed by atoms with Gasteiger partial charge < -0.3 is 5.32 Å². The summed E-state index contributed by atoms with van der Waals surface area (Å²) in [5, 5.41) is 2.59. The van der Waals surface area contributed by atoms with Gasteiger partial charge in [0.25, 0.3) is 0 Å². The topological polar surface area (TPSA) is 29.1 Å². The zero-order valence-electron chi connectivity index (χ0n) is 10.6. The minimum atomic E-state index is -0.413. The molecule has 1 rings (SSSR count). The van der Waals surface area contributed by atoms with Crippen molar-refractivity contribution >= 4 is 27.5 Å². The molecule has 0 aliphatic heterocycles. The second-order valence-electron chi connectivity index (χ2n) is 4.34. The molecule has 0 radical (unpaired) electrons. The summed E-state index contributed by atoms with van der Waals surface area (Å²) in [5.41, 5.74) is 0.247. The van der Waals surface area contributed by atoms with Crippen LogP contribution < -0.4 is 5.32 Å². The smallest absolute Gasteiger partial charge is 0.224 e. The Balaban J connectivity index is 2.31. The average Bonchev–Trinajstić information content (AvgIpc) is 2.32. The minimum absolute atomic E-state index is 0.118. The quantitative estimate of drug-likeness (QED) is 0.713. The molecule has 18 heavy (non-hydrogen) atoms.